The van der Waals surface area contributed by atoms with E-state index in [-0.39, 0.29) is 54.4 Å². The van der Waals surface area contributed by atoms with Gasteiger partial charge in [-0.15, -0.1) is 17.7 Å². The minimum Gasteiger partial charge on any atom is -0.493 e. The van der Waals surface area contributed by atoms with Crippen LogP contribution in [0.3, 0.4) is 0 Å². The second-order valence-electron chi connectivity index (χ2n) is 15.0. The van der Waals surface area contributed by atoms with Crippen LogP contribution in [0.15, 0.2) is 176 Å². The molecule has 1 aliphatic rings. The summed E-state index contributed by atoms with van der Waals surface area (Å²) in [6.07, 6.45) is 2.36. The minimum absolute atomic E-state index is 0. The van der Waals surface area contributed by atoms with Gasteiger partial charge in [0.1, 0.15) is 5.82 Å². The second kappa shape index (κ2) is 15.3. The molecule has 3 heterocycles. The van der Waals surface area contributed by atoms with Crippen molar-refractivity contribution in [1.82, 2.24) is 9.55 Å². The molecular formula is C53H41N4Pt-3. The van der Waals surface area contributed by atoms with Crippen molar-refractivity contribution in [2.45, 2.75) is 32.6 Å². The van der Waals surface area contributed by atoms with Crippen LogP contribution in [0.25, 0.3) is 49.9 Å². The molecule has 0 saturated heterocycles. The van der Waals surface area contributed by atoms with E-state index in [0.29, 0.717) is 17.8 Å². The van der Waals surface area contributed by atoms with Crippen molar-refractivity contribution in [3.63, 3.8) is 0 Å². The van der Waals surface area contributed by atoms with Crippen molar-refractivity contribution >= 4 is 44.6 Å². The summed E-state index contributed by atoms with van der Waals surface area (Å²) in [7, 11) is 0. The number of nitrogens with zero attached hydrogens (tertiary/aromatic N) is 4. The molecule has 0 bridgehead atoms. The number of aromatic nitrogens is 2. The van der Waals surface area contributed by atoms with Crippen molar-refractivity contribution in [3.05, 3.63) is 211 Å². The van der Waals surface area contributed by atoms with E-state index in [1.54, 1.807) is 29.8 Å². The first-order valence-corrected chi connectivity index (χ1v) is 18.8. The third-order valence-electron chi connectivity index (χ3n) is 10.4. The standard InChI is InChI=1S/C53H41N4.Pt/c1-53(2,3)41-30-31-54-51(35-41)57-47-25-11-10-22-45(47)46-29-28-38(34-50(46)57)32-37-16-14-21-42(33-37)55-36-56(49-27-13-12-26-48(49)55)52-43(39-17-6-4-7-18-39)23-15-24-44(52)40-19-8-5-9-20-40;/h4-31,35-36H,32H2,1-3H3;/q-3;/i4D,5D,6D,7D,8D,9D,17D,18D,19D,20D;. The average Bonchev–Trinajstić information content (AvgIpc) is 3.87. The Hall–Kier alpha value is -6.22. The van der Waals surface area contributed by atoms with Gasteiger partial charge in [0.25, 0.3) is 0 Å². The number of pyridine rings is 1. The van der Waals surface area contributed by atoms with E-state index in [2.05, 4.69) is 73.9 Å². The number of hydrogen-bond donors (Lipinski definition) is 0. The van der Waals surface area contributed by atoms with Crippen LogP contribution in [0.5, 0.6) is 0 Å². The van der Waals surface area contributed by atoms with Crippen LogP contribution in [0.4, 0.5) is 22.7 Å². The van der Waals surface area contributed by atoms with Crippen LogP contribution in [-0.4, -0.2) is 9.55 Å². The number of hydrogen-bond acceptors (Lipinski definition) is 3. The Morgan fingerprint density at radius 2 is 1.28 bits per heavy atom. The zero-order valence-corrected chi connectivity index (χ0v) is 34.1. The monoisotopic (exact) mass is 938 g/mol. The molecule has 5 heteroatoms. The summed E-state index contributed by atoms with van der Waals surface area (Å²) in [6.45, 7) is 8.36. The normalized spacial score (nSPS) is 14.9. The van der Waals surface area contributed by atoms with E-state index in [4.69, 9.17) is 18.7 Å². The summed E-state index contributed by atoms with van der Waals surface area (Å²) < 4.78 is 89.1. The molecule has 0 N–H and O–H groups in total. The largest absolute Gasteiger partial charge is 0.493 e. The van der Waals surface area contributed by atoms with Crippen molar-refractivity contribution in [3.8, 4) is 28.1 Å². The van der Waals surface area contributed by atoms with Gasteiger partial charge in [-0.3, -0.25) is 0 Å². The molecule has 0 fully saturated rings. The van der Waals surface area contributed by atoms with Crippen LogP contribution in [0, 0.1) is 18.8 Å². The van der Waals surface area contributed by atoms with E-state index < -0.39 is 60.4 Å². The third kappa shape index (κ3) is 6.72. The predicted octanol–water partition coefficient (Wildman–Crippen LogP) is 13.4. The van der Waals surface area contributed by atoms with Crippen LogP contribution in [-0.2, 0) is 32.9 Å². The van der Waals surface area contributed by atoms with Gasteiger partial charge in [-0.1, -0.05) is 135 Å². The molecule has 0 spiro atoms. The molecule has 2 aromatic heterocycles. The maximum atomic E-state index is 9.01. The number of benzene rings is 7. The topological polar surface area (TPSA) is 24.3 Å². The molecule has 10 rings (SSSR count). The fourth-order valence-electron chi connectivity index (χ4n) is 7.69. The molecule has 0 saturated carbocycles. The molecule has 58 heavy (non-hydrogen) atoms. The maximum Gasteiger partial charge on any atom is 0.135 e. The first-order valence-electron chi connectivity index (χ1n) is 23.8. The SMILES string of the molecule is [2H]c1c([2H])c([2H])c(-c2cccc(-c3c([2H])c([2H])c([2H])c([2H])c3[2H])c2N2[CH-]N(c3[c-]c(Cc4[c-]c5c(cc4)c4ccccc4n5-c4cc(C(C)(C)C)ccn4)ccc3)c3ccccc32)c([2H])c1[2H].[Pt]. The van der Waals surface area contributed by atoms with Gasteiger partial charge in [-0.25, -0.2) is 4.98 Å². The molecular weight excluding hydrogens is 888 g/mol. The van der Waals surface area contributed by atoms with E-state index >= 15 is 0 Å². The van der Waals surface area contributed by atoms with Crippen molar-refractivity contribution in [2.24, 2.45) is 0 Å². The van der Waals surface area contributed by atoms with E-state index in [0.717, 1.165) is 44.4 Å². The van der Waals surface area contributed by atoms with E-state index in [1.807, 2.05) is 65.7 Å². The van der Waals surface area contributed by atoms with Gasteiger partial charge in [0.15, 0.2) is 0 Å². The molecule has 0 radical (unpaired) electrons. The molecule has 0 amide bonds. The van der Waals surface area contributed by atoms with Gasteiger partial charge >= 0.3 is 0 Å². The van der Waals surface area contributed by atoms with Crippen molar-refractivity contribution < 1.29 is 34.8 Å². The smallest absolute Gasteiger partial charge is 0.135 e. The summed E-state index contributed by atoms with van der Waals surface area (Å²) >= 11 is 0. The van der Waals surface area contributed by atoms with Gasteiger partial charge in [0, 0.05) is 61.0 Å². The number of anilines is 4. The maximum absolute atomic E-state index is 9.01. The molecule has 9 aromatic rings. The Morgan fingerprint density at radius 1 is 0.638 bits per heavy atom. The summed E-state index contributed by atoms with van der Waals surface area (Å²) in [6, 6.07) is 37.4. The number of rotatable bonds is 7. The summed E-state index contributed by atoms with van der Waals surface area (Å²) in [5.41, 5.74) is 7.38. The number of para-hydroxylation sites is 4. The Kier molecular flexibility index (Phi) is 7.22. The van der Waals surface area contributed by atoms with Crippen LogP contribution in [0.1, 0.15) is 51.2 Å². The van der Waals surface area contributed by atoms with Crippen LogP contribution >= 0.6 is 0 Å². The zero-order chi connectivity index (χ0) is 47.2. The van der Waals surface area contributed by atoms with Gasteiger partial charge in [0.2, 0.25) is 0 Å². The van der Waals surface area contributed by atoms with E-state index in [9.17, 15) is 0 Å². The first-order chi connectivity index (χ1) is 32.0. The molecule has 1 aliphatic heterocycles. The molecule has 4 nitrogen and oxygen atoms in total. The number of fused-ring (bicyclic) bond motifs is 4. The Bertz CT molecular complexity index is 3370. The van der Waals surface area contributed by atoms with Crippen LogP contribution < -0.4 is 9.80 Å². The van der Waals surface area contributed by atoms with Gasteiger partial charge < -0.3 is 14.4 Å². The minimum atomic E-state index is -0.551. The van der Waals surface area contributed by atoms with Crippen molar-refractivity contribution in [2.75, 3.05) is 9.80 Å². The van der Waals surface area contributed by atoms with Crippen molar-refractivity contribution in [1.29, 1.82) is 0 Å². The molecule has 0 atom stereocenters. The van der Waals surface area contributed by atoms with Gasteiger partial charge in [-0.05, 0) is 64.2 Å². The Labute approximate surface area is 369 Å². The van der Waals surface area contributed by atoms with Gasteiger partial charge in [0.05, 0.1) is 13.7 Å². The fourth-order valence-corrected chi connectivity index (χ4v) is 7.69. The fraction of sp³-hybridized carbons (Fsp3) is 0.0943. The summed E-state index contributed by atoms with van der Waals surface area (Å²) in [5, 5.41) is 2.17. The quantitative estimate of drug-likeness (QED) is 0.149. The first kappa shape index (κ1) is 27.4. The molecule has 0 aliphatic carbocycles. The third-order valence-corrected chi connectivity index (χ3v) is 10.4. The Balaban J connectivity index is 0.00000578. The zero-order valence-electron chi connectivity index (χ0n) is 41.9. The average molecular weight is 939 g/mol. The van der Waals surface area contributed by atoms with Crippen LogP contribution in [0.2, 0.25) is 0 Å². The van der Waals surface area contributed by atoms with E-state index in [1.165, 1.54) is 5.56 Å². The summed E-state index contributed by atoms with van der Waals surface area (Å²) in [5.74, 6) is 0.816. The predicted molar refractivity (Wildman–Crippen MR) is 237 cm³/mol. The van der Waals surface area contributed by atoms with Gasteiger partial charge in [-0.2, -0.15) is 53.6 Å². The summed E-state index contributed by atoms with van der Waals surface area (Å²) in [4.78, 5) is 8.55. The molecule has 0 unspecified atom stereocenters. The molecule has 7 aromatic carbocycles. The molecule has 286 valence electrons. The second-order valence-corrected chi connectivity index (χ2v) is 15.0. The Morgan fingerprint density at radius 3 is 1.98 bits per heavy atom.